The first-order chi connectivity index (χ1) is 8.72. The average molecular weight is 264 g/mol. The lowest BCUT2D eigenvalue weighted by atomic mass is 10.2. The fraction of sp³-hybridized carbons (Fsp3) is 0.333. The molecule has 5 nitrogen and oxygen atoms in total. The van der Waals surface area contributed by atoms with Crippen LogP contribution in [-0.2, 0) is 11.3 Å². The SMILES string of the molecule is CNC(=O)C(C)NCc1cn[nH]c1-c1cccs1. The molecule has 1 atom stereocenters. The molecular weight excluding hydrogens is 248 g/mol. The smallest absolute Gasteiger partial charge is 0.236 e. The Labute approximate surface area is 110 Å². The molecule has 0 bridgehead atoms. The monoisotopic (exact) mass is 264 g/mol. The molecule has 2 heterocycles. The fourth-order valence-electron chi connectivity index (χ4n) is 1.65. The maximum Gasteiger partial charge on any atom is 0.236 e. The van der Waals surface area contributed by atoms with Crippen molar-refractivity contribution in [2.45, 2.75) is 19.5 Å². The van der Waals surface area contributed by atoms with E-state index in [0.717, 1.165) is 16.1 Å². The topological polar surface area (TPSA) is 69.8 Å². The number of nitrogens with zero attached hydrogens (tertiary/aromatic N) is 1. The highest BCUT2D eigenvalue weighted by Gasteiger charge is 2.13. The summed E-state index contributed by atoms with van der Waals surface area (Å²) in [5.74, 6) is -0.0174. The van der Waals surface area contributed by atoms with Gasteiger partial charge in [0.05, 0.1) is 22.8 Å². The fourth-order valence-corrected chi connectivity index (χ4v) is 2.41. The largest absolute Gasteiger partial charge is 0.358 e. The van der Waals surface area contributed by atoms with Gasteiger partial charge in [0, 0.05) is 19.2 Å². The van der Waals surface area contributed by atoms with Crippen molar-refractivity contribution < 1.29 is 4.79 Å². The van der Waals surface area contributed by atoms with E-state index in [-0.39, 0.29) is 11.9 Å². The van der Waals surface area contributed by atoms with Gasteiger partial charge in [0.1, 0.15) is 0 Å². The lowest BCUT2D eigenvalue weighted by Crippen LogP contribution is -2.40. The van der Waals surface area contributed by atoms with Gasteiger partial charge in [-0.1, -0.05) is 6.07 Å². The number of carbonyl (C=O) groups is 1. The number of rotatable bonds is 5. The summed E-state index contributed by atoms with van der Waals surface area (Å²) in [5.41, 5.74) is 2.08. The maximum absolute atomic E-state index is 11.4. The van der Waals surface area contributed by atoms with Crippen LogP contribution < -0.4 is 10.6 Å². The number of aromatic nitrogens is 2. The normalized spacial score (nSPS) is 12.3. The lowest BCUT2D eigenvalue weighted by molar-refractivity contribution is -0.122. The molecule has 0 aromatic carbocycles. The van der Waals surface area contributed by atoms with E-state index in [0.29, 0.717) is 6.54 Å². The summed E-state index contributed by atoms with van der Waals surface area (Å²) in [6.07, 6.45) is 1.79. The molecule has 96 valence electrons. The van der Waals surface area contributed by atoms with Gasteiger partial charge in [-0.2, -0.15) is 5.10 Å². The number of thiophene rings is 1. The van der Waals surface area contributed by atoms with E-state index in [2.05, 4.69) is 20.8 Å². The maximum atomic E-state index is 11.4. The van der Waals surface area contributed by atoms with Crippen molar-refractivity contribution in [1.82, 2.24) is 20.8 Å². The molecule has 2 rings (SSSR count). The molecule has 0 fully saturated rings. The number of likely N-dealkylation sites (N-methyl/N-ethyl adjacent to an activating group) is 1. The predicted octanol–water partition coefficient (Wildman–Crippen LogP) is 1.36. The van der Waals surface area contributed by atoms with Crippen LogP contribution >= 0.6 is 11.3 Å². The number of hydrogen-bond acceptors (Lipinski definition) is 4. The van der Waals surface area contributed by atoms with E-state index >= 15 is 0 Å². The van der Waals surface area contributed by atoms with Crippen molar-refractivity contribution in [3.8, 4) is 10.6 Å². The lowest BCUT2D eigenvalue weighted by Gasteiger charge is -2.11. The van der Waals surface area contributed by atoms with E-state index in [1.54, 1.807) is 24.6 Å². The van der Waals surface area contributed by atoms with E-state index in [1.807, 2.05) is 24.4 Å². The number of carbonyl (C=O) groups excluding carboxylic acids is 1. The summed E-state index contributed by atoms with van der Waals surface area (Å²) in [6, 6.07) is 3.83. The zero-order chi connectivity index (χ0) is 13.0. The van der Waals surface area contributed by atoms with Crippen LogP contribution in [0.4, 0.5) is 0 Å². The minimum atomic E-state index is -0.221. The third-order valence-corrected chi connectivity index (χ3v) is 3.61. The molecule has 0 spiro atoms. The summed E-state index contributed by atoms with van der Waals surface area (Å²) in [6.45, 7) is 2.45. The van der Waals surface area contributed by atoms with Gasteiger partial charge >= 0.3 is 0 Å². The Morgan fingerprint density at radius 1 is 1.61 bits per heavy atom. The third-order valence-electron chi connectivity index (χ3n) is 2.72. The zero-order valence-electron chi connectivity index (χ0n) is 10.4. The molecule has 0 saturated carbocycles. The minimum absolute atomic E-state index is 0.0174. The highest BCUT2D eigenvalue weighted by atomic mass is 32.1. The standard InChI is InChI=1S/C12H16N4OS/c1-8(12(17)13-2)14-6-9-7-15-16-11(9)10-4-3-5-18-10/h3-5,7-8,14H,6H2,1-2H3,(H,13,17)(H,15,16). The molecule has 6 heteroatoms. The highest BCUT2D eigenvalue weighted by Crippen LogP contribution is 2.25. The van der Waals surface area contributed by atoms with Crippen molar-refractivity contribution >= 4 is 17.2 Å². The van der Waals surface area contributed by atoms with Crippen LogP contribution in [0.25, 0.3) is 10.6 Å². The quantitative estimate of drug-likeness (QED) is 0.763. The molecule has 0 aliphatic heterocycles. The van der Waals surface area contributed by atoms with Gasteiger partial charge < -0.3 is 10.6 Å². The second-order valence-electron chi connectivity index (χ2n) is 3.96. The van der Waals surface area contributed by atoms with Crippen LogP contribution in [0.15, 0.2) is 23.7 Å². The molecule has 0 saturated heterocycles. The second kappa shape index (κ2) is 5.79. The van der Waals surface area contributed by atoms with Crippen molar-refractivity contribution in [2.24, 2.45) is 0 Å². The number of nitrogens with one attached hydrogen (secondary N) is 3. The Balaban J connectivity index is 2.03. The second-order valence-corrected chi connectivity index (χ2v) is 4.91. The van der Waals surface area contributed by atoms with Gasteiger partial charge in [-0.3, -0.25) is 9.89 Å². The van der Waals surface area contributed by atoms with E-state index < -0.39 is 0 Å². The number of amides is 1. The van der Waals surface area contributed by atoms with Crippen molar-refractivity contribution in [2.75, 3.05) is 7.05 Å². The Kier molecular flexibility index (Phi) is 4.11. The molecule has 0 aliphatic carbocycles. The summed E-state index contributed by atoms with van der Waals surface area (Å²) >= 11 is 1.66. The van der Waals surface area contributed by atoms with Gasteiger partial charge in [0.2, 0.25) is 5.91 Å². The first-order valence-electron chi connectivity index (χ1n) is 5.73. The summed E-state index contributed by atoms with van der Waals surface area (Å²) in [7, 11) is 1.63. The summed E-state index contributed by atoms with van der Waals surface area (Å²) < 4.78 is 0. The summed E-state index contributed by atoms with van der Waals surface area (Å²) in [5, 5.41) is 14.9. The van der Waals surface area contributed by atoms with E-state index in [1.165, 1.54) is 0 Å². The molecule has 1 amide bonds. The van der Waals surface area contributed by atoms with Gasteiger partial charge in [-0.25, -0.2) is 0 Å². The Bertz CT molecular complexity index is 506. The Morgan fingerprint density at radius 3 is 3.11 bits per heavy atom. The molecule has 3 N–H and O–H groups in total. The first kappa shape index (κ1) is 12.8. The molecule has 0 radical (unpaired) electrons. The predicted molar refractivity (Wildman–Crippen MR) is 72.3 cm³/mol. The third kappa shape index (κ3) is 2.77. The molecule has 0 aliphatic rings. The average Bonchev–Trinajstić information content (AvgIpc) is 3.04. The van der Waals surface area contributed by atoms with E-state index in [9.17, 15) is 4.79 Å². The summed E-state index contributed by atoms with van der Waals surface area (Å²) in [4.78, 5) is 12.5. The van der Waals surface area contributed by atoms with Crippen molar-refractivity contribution in [3.63, 3.8) is 0 Å². The Hall–Kier alpha value is -1.66. The molecule has 2 aromatic heterocycles. The van der Waals surface area contributed by atoms with Crippen LogP contribution in [0.3, 0.4) is 0 Å². The van der Waals surface area contributed by atoms with Crippen LogP contribution in [0, 0.1) is 0 Å². The van der Waals surface area contributed by atoms with Crippen LogP contribution in [0.1, 0.15) is 12.5 Å². The Morgan fingerprint density at radius 2 is 2.44 bits per heavy atom. The van der Waals surface area contributed by atoms with Gasteiger partial charge in [0.15, 0.2) is 0 Å². The minimum Gasteiger partial charge on any atom is -0.358 e. The molecule has 2 aromatic rings. The van der Waals surface area contributed by atoms with Crippen LogP contribution in [0.5, 0.6) is 0 Å². The van der Waals surface area contributed by atoms with Gasteiger partial charge in [0.25, 0.3) is 0 Å². The number of aromatic amines is 1. The van der Waals surface area contributed by atoms with Crippen molar-refractivity contribution in [1.29, 1.82) is 0 Å². The molecule has 1 unspecified atom stereocenters. The number of H-pyrrole nitrogens is 1. The van der Waals surface area contributed by atoms with E-state index in [4.69, 9.17) is 0 Å². The van der Waals surface area contributed by atoms with Gasteiger partial charge in [-0.15, -0.1) is 11.3 Å². The highest BCUT2D eigenvalue weighted by molar-refractivity contribution is 7.13. The van der Waals surface area contributed by atoms with Crippen LogP contribution in [-0.4, -0.2) is 29.2 Å². The first-order valence-corrected chi connectivity index (χ1v) is 6.61. The zero-order valence-corrected chi connectivity index (χ0v) is 11.2. The van der Waals surface area contributed by atoms with Crippen molar-refractivity contribution in [3.05, 3.63) is 29.3 Å². The van der Waals surface area contributed by atoms with Crippen LogP contribution in [0.2, 0.25) is 0 Å². The van der Waals surface area contributed by atoms with Gasteiger partial charge in [-0.05, 0) is 18.4 Å². The molecule has 18 heavy (non-hydrogen) atoms. The molecular formula is C12H16N4OS. The number of hydrogen-bond donors (Lipinski definition) is 3.